The summed E-state index contributed by atoms with van der Waals surface area (Å²) < 4.78 is 10.8. The number of nitrogens with one attached hydrogen (secondary N) is 1. The molecule has 0 bridgehead atoms. The minimum absolute atomic E-state index is 0.227. The number of carbonyl (C=O) groups is 2. The Hall–Kier alpha value is -1.88. The largest absolute Gasteiger partial charge is 0.445 e. The van der Waals surface area contributed by atoms with Crippen molar-refractivity contribution < 1.29 is 19.1 Å². The molecule has 1 saturated heterocycles. The highest BCUT2D eigenvalue weighted by Crippen LogP contribution is 2.24. The third kappa shape index (κ3) is 3.61. The SMILES string of the molecule is O=C(O[C@@H](C(=O)NC1CC1)c1ccccc1)[C@H]1CCCO1. The van der Waals surface area contributed by atoms with E-state index in [2.05, 4.69) is 5.32 Å². The number of rotatable bonds is 5. The van der Waals surface area contributed by atoms with Crippen LogP contribution in [-0.4, -0.2) is 30.6 Å². The number of hydrogen-bond donors (Lipinski definition) is 1. The maximum atomic E-state index is 12.3. The molecule has 0 aromatic heterocycles. The lowest BCUT2D eigenvalue weighted by Gasteiger charge is -2.19. The first-order valence-corrected chi connectivity index (χ1v) is 7.41. The summed E-state index contributed by atoms with van der Waals surface area (Å²) in [7, 11) is 0. The van der Waals surface area contributed by atoms with E-state index in [0.29, 0.717) is 18.6 Å². The summed E-state index contributed by atoms with van der Waals surface area (Å²) in [5.41, 5.74) is 0.682. The van der Waals surface area contributed by atoms with Crippen molar-refractivity contribution in [1.29, 1.82) is 0 Å². The van der Waals surface area contributed by atoms with Gasteiger partial charge in [-0.25, -0.2) is 4.79 Å². The predicted molar refractivity (Wildman–Crippen MR) is 75.4 cm³/mol. The number of hydrogen-bond acceptors (Lipinski definition) is 4. The number of benzene rings is 1. The lowest BCUT2D eigenvalue weighted by atomic mass is 10.1. The third-order valence-electron chi connectivity index (χ3n) is 3.69. The van der Waals surface area contributed by atoms with Crippen LogP contribution in [0.5, 0.6) is 0 Å². The van der Waals surface area contributed by atoms with Gasteiger partial charge < -0.3 is 14.8 Å². The van der Waals surface area contributed by atoms with Crippen LogP contribution in [0.25, 0.3) is 0 Å². The maximum Gasteiger partial charge on any atom is 0.336 e. The fourth-order valence-electron chi connectivity index (χ4n) is 2.36. The average Bonchev–Trinajstić information content (AvgIpc) is 3.15. The molecule has 1 aromatic carbocycles. The van der Waals surface area contributed by atoms with Crippen LogP contribution in [0, 0.1) is 0 Å². The molecule has 21 heavy (non-hydrogen) atoms. The van der Waals surface area contributed by atoms with Gasteiger partial charge in [-0.1, -0.05) is 30.3 Å². The minimum atomic E-state index is -0.900. The molecular weight excluding hydrogens is 270 g/mol. The van der Waals surface area contributed by atoms with E-state index in [-0.39, 0.29) is 11.9 Å². The van der Waals surface area contributed by atoms with E-state index in [1.807, 2.05) is 18.2 Å². The van der Waals surface area contributed by atoms with E-state index in [1.54, 1.807) is 12.1 Å². The molecule has 2 fully saturated rings. The predicted octanol–water partition coefficient (Wildman–Crippen LogP) is 1.73. The Morgan fingerprint density at radius 2 is 1.95 bits per heavy atom. The second-order valence-corrected chi connectivity index (χ2v) is 5.51. The van der Waals surface area contributed by atoms with Gasteiger partial charge in [-0.15, -0.1) is 0 Å². The van der Waals surface area contributed by atoms with E-state index in [4.69, 9.17) is 9.47 Å². The van der Waals surface area contributed by atoms with Crippen LogP contribution in [0.15, 0.2) is 30.3 Å². The molecular formula is C16H19NO4. The van der Waals surface area contributed by atoms with Crippen LogP contribution in [0.3, 0.4) is 0 Å². The highest BCUT2D eigenvalue weighted by molar-refractivity contribution is 5.86. The molecule has 1 aliphatic heterocycles. The molecule has 2 atom stereocenters. The molecule has 1 heterocycles. The lowest BCUT2D eigenvalue weighted by molar-refractivity contribution is -0.165. The van der Waals surface area contributed by atoms with Crippen molar-refractivity contribution in [2.24, 2.45) is 0 Å². The Morgan fingerprint density at radius 3 is 2.57 bits per heavy atom. The highest BCUT2D eigenvalue weighted by Gasteiger charge is 2.33. The van der Waals surface area contributed by atoms with Gasteiger partial charge >= 0.3 is 5.97 Å². The summed E-state index contributed by atoms with van der Waals surface area (Å²) >= 11 is 0. The molecule has 0 spiro atoms. The first-order chi connectivity index (χ1) is 10.2. The molecule has 1 amide bonds. The fourth-order valence-corrected chi connectivity index (χ4v) is 2.36. The quantitative estimate of drug-likeness (QED) is 0.838. The zero-order chi connectivity index (χ0) is 14.7. The first-order valence-electron chi connectivity index (χ1n) is 7.41. The van der Waals surface area contributed by atoms with E-state index in [0.717, 1.165) is 19.3 Å². The average molecular weight is 289 g/mol. The fraction of sp³-hybridized carbons (Fsp3) is 0.500. The van der Waals surface area contributed by atoms with Gasteiger partial charge in [0.05, 0.1) is 0 Å². The lowest BCUT2D eigenvalue weighted by Crippen LogP contribution is -2.35. The normalized spacial score (nSPS) is 22.6. The van der Waals surface area contributed by atoms with Gasteiger partial charge in [0, 0.05) is 18.2 Å². The molecule has 5 heteroatoms. The van der Waals surface area contributed by atoms with Crippen LogP contribution in [0.2, 0.25) is 0 Å². The second-order valence-electron chi connectivity index (χ2n) is 5.51. The van der Waals surface area contributed by atoms with Gasteiger partial charge in [0.1, 0.15) is 0 Å². The molecule has 1 aromatic rings. The van der Waals surface area contributed by atoms with Gasteiger partial charge in [-0.2, -0.15) is 0 Å². The Labute approximate surface area is 123 Å². The van der Waals surface area contributed by atoms with E-state index in [9.17, 15) is 9.59 Å². The molecule has 5 nitrogen and oxygen atoms in total. The molecule has 1 aliphatic carbocycles. The number of esters is 1. The van der Waals surface area contributed by atoms with Gasteiger partial charge in [0.15, 0.2) is 6.10 Å². The van der Waals surface area contributed by atoms with Gasteiger partial charge in [0.2, 0.25) is 6.10 Å². The molecule has 112 valence electrons. The molecule has 1 saturated carbocycles. The van der Waals surface area contributed by atoms with Crippen LogP contribution >= 0.6 is 0 Å². The van der Waals surface area contributed by atoms with Crippen LogP contribution in [0.1, 0.15) is 37.4 Å². The third-order valence-corrected chi connectivity index (χ3v) is 3.69. The Kier molecular flexibility index (Phi) is 4.20. The summed E-state index contributed by atoms with van der Waals surface area (Å²) in [6.07, 6.45) is 2.06. The molecule has 2 aliphatic rings. The summed E-state index contributed by atoms with van der Waals surface area (Å²) in [5.74, 6) is -0.706. The van der Waals surface area contributed by atoms with Gasteiger partial charge in [0.25, 0.3) is 5.91 Å². The van der Waals surface area contributed by atoms with Crippen molar-refractivity contribution in [3.8, 4) is 0 Å². The van der Waals surface area contributed by atoms with Gasteiger partial charge in [-0.05, 0) is 25.7 Å². The molecule has 3 rings (SSSR count). The summed E-state index contributed by atoms with van der Waals surface area (Å²) in [6, 6.07) is 9.32. The Balaban J connectivity index is 1.71. The minimum Gasteiger partial charge on any atom is -0.445 e. The molecule has 0 unspecified atom stereocenters. The summed E-state index contributed by atoms with van der Waals surface area (Å²) in [6.45, 7) is 0.573. The van der Waals surface area contributed by atoms with Gasteiger partial charge in [-0.3, -0.25) is 4.79 Å². The van der Waals surface area contributed by atoms with Crippen LogP contribution in [0.4, 0.5) is 0 Å². The van der Waals surface area contributed by atoms with Crippen molar-refractivity contribution in [2.75, 3.05) is 6.61 Å². The van der Waals surface area contributed by atoms with Crippen molar-refractivity contribution in [2.45, 2.75) is 43.9 Å². The van der Waals surface area contributed by atoms with Crippen LogP contribution in [-0.2, 0) is 19.1 Å². The summed E-state index contributed by atoms with van der Waals surface area (Å²) in [4.78, 5) is 24.4. The topological polar surface area (TPSA) is 64.6 Å². The smallest absolute Gasteiger partial charge is 0.336 e. The van der Waals surface area contributed by atoms with Crippen LogP contribution < -0.4 is 5.32 Å². The van der Waals surface area contributed by atoms with E-state index < -0.39 is 18.2 Å². The van der Waals surface area contributed by atoms with Crippen molar-refractivity contribution in [3.05, 3.63) is 35.9 Å². The number of ether oxygens (including phenoxy) is 2. The van der Waals surface area contributed by atoms with Crippen molar-refractivity contribution in [1.82, 2.24) is 5.32 Å². The Bertz CT molecular complexity index is 506. The standard InChI is InChI=1S/C16H19NO4/c18-15(17-12-8-9-12)14(11-5-2-1-3-6-11)21-16(19)13-7-4-10-20-13/h1-3,5-6,12-14H,4,7-10H2,(H,17,18)/t13-,14-/m1/s1. The highest BCUT2D eigenvalue weighted by atomic mass is 16.6. The Morgan fingerprint density at radius 1 is 1.19 bits per heavy atom. The zero-order valence-electron chi connectivity index (χ0n) is 11.8. The first kappa shape index (κ1) is 14.1. The number of amides is 1. The zero-order valence-corrected chi connectivity index (χ0v) is 11.8. The summed E-state index contributed by atoms with van der Waals surface area (Å²) in [5, 5.41) is 2.89. The second kappa shape index (κ2) is 6.26. The van der Waals surface area contributed by atoms with Crippen molar-refractivity contribution >= 4 is 11.9 Å². The number of carbonyl (C=O) groups excluding carboxylic acids is 2. The monoisotopic (exact) mass is 289 g/mol. The van der Waals surface area contributed by atoms with Crippen molar-refractivity contribution in [3.63, 3.8) is 0 Å². The van der Waals surface area contributed by atoms with E-state index in [1.165, 1.54) is 0 Å². The maximum absolute atomic E-state index is 12.3. The molecule has 1 N–H and O–H groups in total. The molecule has 0 radical (unpaired) electrons. The van der Waals surface area contributed by atoms with E-state index >= 15 is 0 Å².